The number of aryl methyl sites for hydroxylation is 1. The molecule has 0 aliphatic carbocycles. The lowest BCUT2D eigenvalue weighted by Gasteiger charge is -2.15. The number of nitrogens with zero attached hydrogens (tertiary/aromatic N) is 1. The maximum absolute atomic E-state index is 10.9. The Labute approximate surface area is 92.6 Å². The summed E-state index contributed by atoms with van der Waals surface area (Å²) in [6.45, 7) is 3.72. The maximum atomic E-state index is 10.9. The number of rotatable bonds is 5. The van der Waals surface area contributed by atoms with Crippen LogP contribution < -0.4 is 0 Å². The second-order valence-electron chi connectivity index (χ2n) is 3.51. The highest BCUT2D eigenvalue weighted by molar-refractivity contribution is 7.09. The van der Waals surface area contributed by atoms with E-state index in [0.29, 0.717) is 11.4 Å². The van der Waals surface area contributed by atoms with Gasteiger partial charge in [0.15, 0.2) is 0 Å². The summed E-state index contributed by atoms with van der Waals surface area (Å²) in [6.07, 6.45) is 0.217. The van der Waals surface area contributed by atoms with E-state index in [2.05, 4.69) is 4.98 Å². The number of carboxylic acid groups (broad SMARTS) is 1. The standard InChI is InChI=1S/C10H15NO3S/c1-3-4-7(10(13)14)8(12)9-11-6(2)5-15-9/h5,7-8,12H,3-4H2,1-2H3,(H,13,14). The molecule has 0 fully saturated rings. The average Bonchev–Trinajstić information content (AvgIpc) is 2.59. The summed E-state index contributed by atoms with van der Waals surface area (Å²) in [4.78, 5) is 15.0. The molecule has 2 N–H and O–H groups in total. The summed E-state index contributed by atoms with van der Waals surface area (Å²) in [5.41, 5.74) is 0.815. The van der Waals surface area contributed by atoms with E-state index in [4.69, 9.17) is 5.11 Å². The molecule has 1 heterocycles. The SMILES string of the molecule is CCCC(C(=O)O)C(O)c1nc(C)cs1. The topological polar surface area (TPSA) is 70.4 Å². The fourth-order valence-electron chi connectivity index (χ4n) is 1.41. The number of aromatic nitrogens is 1. The van der Waals surface area contributed by atoms with Gasteiger partial charge in [-0.2, -0.15) is 0 Å². The lowest BCUT2D eigenvalue weighted by Crippen LogP contribution is -2.21. The molecule has 1 aromatic heterocycles. The lowest BCUT2D eigenvalue weighted by atomic mass is 9.98. The van der Waals surface area contributed by atoms with Crippen molar-refractivity contribution in [3.05, 3.63) is 16.1 Å². The van der Waals surface area contributed by atoms with Gasteiger partial charge in [-0.3, -0.25) is 4.79 Å². The smallest absolute Gasteiger partial charge is 0.309 e. The van der Waals surface area contributed by atoms with Crippen molar-refractivity contribution in [2.24, 2.45) is 5.92 Å². The van der Waals surface area contributed by atoms with Gasteiger partial charge in [-0.1, -0.05) is 13.3 Å². The Hall–Kier alpha value is -0.940. The first-order valence-electron chi connectivity index (χ1n) is 4.89. The van der Waals surface area contributed by atoms with Gasteiger partial charge in [0.25, 0.3) is 0 Å². The summed E-state index contributed by atoms with van der Waals surface area (Å²) >= 11 is 1.30. The molecule has 84 valence electrons. The van der Waals surface area contributed by atoms with Gasteiger partial charge in [0.1, 0.15) is 11.1 Å². The van der Waals surface area contributed by atoms with Crippen molar-refractivity contribution in [3.8, 4) is 0 Å². The second-order valence-corrected chi connectivity index (χ2v) is 4.40. The molecule has 0 spiro atoms. The second kappa shape index (κ2) is 5.23. The van der Waals surface area contributed by atoms with Crippen LogP contribution in [0.3, 0.4) is 0 Å². The van der Waals surface area contributed by atoms with Crippen LogP contribution in [0.1, 0.15) is 36.6 Å². The molecule has 0 saturated carbocycles. The van der Waals surface area contributed by atoms with Crippen molar-refractivity contribution in [2.75, 3.05) is 0 Å². The van der Waals surface area contributed by atoms with E-state index in [-0.39, 0.29) is 0 Å². The monoisotopic (exact) mass is 229 g/mol. The third-order valence-electron chi connectivity index (χ3n) is 2.19. The van der Waals surface area contributed by atoms with Crippen LogP contribution in [-0.4, -0.2) is 21.2 Å². The van der Waals surface area contributed by atoms with E-state index in [0.717, 1.165) is 12.1 Å². The maximum Gasteiger partial charge on any atom is 0.309 e. The highest BCUT2D eigenvalue weighted by atomic mass is 32.1. The third kappa shape index (κ3) is 3.00. The van der Waals surface area contributed by atoms with E-state index < -0.39 is 18.0 Å². The molecule has 0 radical (unpaired) electrons. The van der Waals surface area contributed by atoms with E-state index >= 15 is 0 Å². The van der Waals surface area contributed by atoms with Crippen LogP contribution in [0.2, 0.25) is 0 Å². The van der Waals surface area contributed by atoms with Crippen LogP contribution in [-0.2, 0) is 4.79 Å². The van der Waals surface area contributed by atoms with E-state index in [9.17, 15) is 9.90 Å². The minimum Gasteiger partial charge on any atom is -0.481 e. The first-order valence-corrected chi connectivity index (χ1v) is 5.77. The Kier molecular flexibility index (Phi) is 4.23. The van der Waals surface area contributed by atoms with Crippen molar-refractivity contribution >= 4 is 17.3 Å². The Morgan fingerprint density at radius 2 is 2.33 bits per heavy atom. The van der Waals surface area contributed by atoms with Crippen molar-refractivity contribution in [2.45, 2.75) is 32.8 Å². The Bertz CT molecular complexity index is 337. The third-order valence-corrected chi connectivity index (χ3v) is 3.22. The van der Waals surface area contributed by atoms with Crippen LogP contribution in [0.25, 0.3) is 0 Å². The Morgan fingerprint density at radius 1 is 1.67 bits per heavy atom. The number of aliphatic carboxylic acids is 1. The number of carboxylic acids is 1. The summed E-state index contributed by atoms with van der Waals surface area (Å²) in [6, 6.07) is 0. The van der Waals surface area contributed by atoms with Crippen molar-refractivity contribution in [1.29, 1.82) is 0 Å². The number of hydrogen-bond acceptors (Lipinski definition) is 4. The molecule has 0 saturated heterocycles. The number of carbonyl (C=O) groups is 1. The lowest BCUT2D eigenvalue weighted by molar-refractivity contribution is -0.146. The number of aliphatic hydroxyl groups excluding tert-OH is 1. The average molecular weight is 229 g/mol. The molecule has 0 aliphatic rings. The normalized spacial score (nSPS) is 14.9. The van der Waals surface area contributed by atoms with Gasteiger partial charge in [0.05, 0.1) is 5.92 Å². The van der Waals surface area contributed by atoms with E-state index in [1.54, 1.807) is 0 Å². The minimum atomic E-state index is -0.985. The molecule has 0 amide bonds. The van der Waals surface area contributed by atoms with Gasteiger partial charge < -0.3 is 10.2 Å². The summed E-state index contributed by atoms with van der Waals surface area (Å²) in [7, 11) is 0. The molecule has 4 nitrogen and oxygen atoms in total. The van der Waals surface area contributed by atoms with Crippen LogP contribution in [0.4, 0.5) is 0 Å². The van der Waals surface area contributed by atoms with Crippen LogP contribution >= 0.6 is 11.3 Å². The summed E-state index contributed by atoms with van der Waals surface area (Å²) in [5, 5.41) is 21.1. The van der Waals surface area contributed by atoms with Crippen LogP contribution in [0.15, 0.2) is 5.38 Å². The molecular weight excluding hydrogens is 214 g/mol. The van der Waals surface area contributed by atoms with E-state index in [1.807, 2.05) is 19.2 Å². The van der Waals surface area contributed by atoms with Crippen LogP contribution in [0.5, 0.6) is 0 Å². The highest BCUT2D eigenvalue weighted by Crippen LogP contribution is 2.28. The van der Waals surface area contributed by atoms with Gasteiger partial charge >= 0.3 is 5.97 Å². The van der Waals surface area contributed by atoms with Gasteiger partial charge in [0, 0.05) is 11.1 Å². The largest absolute Gasteiger partial charge is 0.481 e. The summed E-state index contributed by atoms with van der Waals surface area (Å²) in [5.74, 6) is -1.71. The van der Waals surface area contributed by atoms with Crippen molar-refractivity contribution in [3.63, 3.8) is 0 Å². The molecule has 15 heavy (non-hydrogen) atoms. The predicted molar refractivity (Wildman–Crippen MR) is 57.8 cm³/mol. The van der Waals surface area contributed by atoms with Crippen molar-refractivity contribution in [1.82, 2.24) is 4.98 Å². The first-order chi connectivity index (χ1) is 7.06. The minimum absolute atomic E-state index is 0.467. The highest BCUT2D eigenvalue weighted by Gasteiger charge is 2.28. The molecule has 5 heteroatoms. The number of thiazole rings is 1. The predicted octanol–water partition coefficient (Wildman–Crippen LogP) is 1.99. The number of aliphatic hydroxyl groups is 1. The molecular formula is C10H15NO3S. The first kappa shape index (κ1) is 12.1. The van der Waals surface area contributed by atoms with Gasteiger partial charge in [-0.05, 0) is 13.3 Å². The zero-order chi connectivity index (χ0) is 11.4. The molecule has 1 aromatic rings. The quantitative estimate of drug-likeness (QED) is 0.810. The Morgan fingerprint density at radius 3 is 2.73 bits per heavy atom. The Balaban J connectivity index is 2.80. The molecule has 0 bridgehead atoms. The molecule has 0 aromatic carbocycles. The van der Waals surface area contributed by atoms with Gasteiger partial charge in [0.2, 0.25) is 0 Å². The molecule has 2 atom stereocenters. The van der Waals surface area contributed by atoms with Gasteiger partial charge in [-0.25, -0.2) is 4.98 Å². The zero-order valence-corrected chi connectivity index (χ0v) is 9.62. The van der Waals surface area contributed by atoms with Crippen molar-refractivity contribution < 1.29 is 15.0 Å². The van der Waals surface area contributed by atoms with Gasteiger partial charge in [-0.15, -0.1) is 11.3 Å². The number of hydrogen-bond donors (Lipinski definition) is 2. The molecule has 1 rings (SSSR count). The summed E-state index contributed by atoms with van der Waals surface area (Å²) < 4.78 is 0. The van der Waals surface area contributed by atoms with E-state index in [1.165, 1.54) is 11.3 Å². The molecule has 0 aliphatic heterocycles. The fraction of sp³-hybridized carbons (Fsp3) is 0.600. The molecule has 2 unspecified atom stereocenters. The van der Waals surface area contributed by atoms with Crippen LogP contribution in [0, 0.1) is 12.8 Å². The fourth-order valence-corrected chi connectivity index (χ4v) is 2.25. The zero-order valence-electron chi connectivity index (χ0n) is 8.80.